The summed E-state index contributed by atoms with van der Waals surface area (Å²) in [7, 11) is 0. The van der Waals surface area contributed by atoms with Crippen LogP contribution < -0.4 is 14.5 Å². The number of rotatable bonds is 6. The first-order valence-corrected chi connectivity index (χ1v) is 19.4. The second kappa shape index (κ2) is 13.6. The molecule has 0 fully saturated rings. The lowest BCUT2D eigenvalue weighted by Gasteiger charge is -2.24. The molecule has 0 N–H and O–H groups in total. The average Bonchev–Trinajstić information content (AvgIpc) is 3.73. The minimum Gasteiger partial charge on any atom is -0.457 e. The summed E-state index contributed by atoms with van der Waals surface area (Å²) in [6, 6.07) is 45.5. The van der Waals surface area contributed by atoms with Crippen molar-refractivity contribution < 1.29 is 13.5 Å². The smallest absolute Gasteiger partial charge is 0.149 e. The maximum absolute atomic E-state index is 15.6. The Morgan fingerprint density at radius 1 is 0.544 bits per heavy atom. The van der Waals surface area contributed by atoms with Crippen LogP contribution >= 0.6 is 0 Å². The highest BCUT2D eigenvalue weighted by Gasteiger charge is 2.33. The molecule has 0 unspecified atom stereocenters. The number of fused-ring (bicyclic) bond motifs is 4. The second-order valence-corrected chi connectivity index (χ2v) is 16.9. The van der Waals surface area contributed by atoms with Gasteiger partial charge in [-0.25, -0.2) is 13.8 Å². The summed E-state index contributed by atoms with van der Waals surface area (Å²) in [5.74, 6) is 0.896. The van der Waals surface area contributed by atoms with E-state index in [1.807, 2.05) is 36.4 Å². The van der Waals surface area contributed by atoms with Gasteiger partial charge in [-0.1, -0.05) is 102 Å². The highest BCUT2D eigenvalue weighted by atomic mass is 19.1. The molecule has 1 aliphatic heterocycles. The van der Waals surface area contributed by atoms with Crippen molar-refractivity contribution in [1.29, 1.82) is 0 Å². The van der Waals surface area contributed by atoms with Gasteiger partial charge >= 0.3 is 0 Å². The standard InChI is InChI=1S/C50H44F2N4O/c1-49(2,3)34-14-11-13-32(25-34)33-26-36(54-31-55(48-41(51)16-12-17-42(48)52)46-28-35(50(4,5)6)20-23-44(46)54)29-38(27-33)57-37-21-22-40-39-15-7-8-18-43(39)56(45(40)30-37)47-19-9-10-24-53-47/h7-30H,31H2,1-6H3. The Morgan fingerprint density at radius 3 is 2.02 bits per heavy atom. The molecule has 3 heterocycles. The van der Waals surface area contributed by atoms with Gasteiger partial charge in [0.05, 0.1) is 22.4 Å². The third kappa shape index (κ3) is 6.57. The van der Waals surface area contributed by atoms with Crippen molar-refractivity contribution in [1.82, 2.24) is 9.55 Å². The molecule has 9 rings (SSSR count). The molecule has 284 valence electrons. The molecular formula is C50H44F2N4O. The van der Waals surface area contributed by atoms with E-state index in [0.717, 1.165) is 61.4 Å². The number of ether oxygens (including phenoxy) is 1. The summed E-state index contributed by atoms with van der Waals surface area (Å²) in [5, 5.41) is 2.23. The van der Waals surface area contributed by atoms with E-state index in [-0.39, 0.29) is 23.2 Å². The van der Waals surface area contributed by atoms with Crippen molar-refractivity contribution in [2.75, 3.05) is 16.5 Å². The molecule has 0 amide bonds. The van der Waals surface area contributed by atoms with Gasteiger partial charge in [-0.3, -0.25) is 4.57 Å². The molecule has 0 radical (unpaired) electrons. The fourth-order valence-electron chi connectivity index (χ4n) is 7.90. The van der Waals surface area contributed by atoms with Crippen LogP contribution in [0, 0.1) is 11.6 Å². The Kier molecular flexibility index (Phi) is 8.65. The van der Waals surface area contributed by atoms with Crippen LogP contribution in [0.15, 0.2) is 146 Å². The van der Waals surface area contributed by atoms with Crippen LogP contribution in [0.3, 0.4) is 0 Å². The number of halogens is 2. The Balaban J connectivity index is 1.21. The Labute approximate surface area is 332 Å². The van der Waals surface area contributed by atoms with E-state index in [9.17, 15) is 0 Å². The molecule has 57 heavy (non-hydrogen) atoms. The lowest BCUT2D eigenvalue weighted by molar-refractivity contribution is 0.483. The third-order valence-corrected chi connectivity index (χ3v) is 10.9. The monoisotopic (exact) mass is 754 g/mol. The first-order chi connectivity index (χ1) is 27.3. The van der Waals surface area contributed by atoms with Crippen LogP contribution in [0.1, 0.15) is 52.7 Å². The van der Waals surface area contributed by atoms with Crippen LogP contribution in [0.2, 0.25) is 0 Å². The predicted molar refractivity (Wildman–Crippen MR) is 230 cm³/mol. The highest BCUT2D eigenvalue weighted by Crippen LogP contribution is 2.49. The van der Waals surface area contributed by atoms with Crippen LogP contribution in [0.5, 0.6) is 11.5 Å². The maximum Gasteiger partial charge on any atom is 0.149 e. The van der Waals surface area contributed by atoms with E-state index in [2.05, 4.69) is 136 Å². The van der Waals surface area contributed by atoms with Gasteiger partial charge in [0.15, 0.2) is 0 Å². The molecule has 0 saturated carbocycles. The Morgan fingerprint density at radius 2 is 1.26 bits per heavy atom. The largest absolute Gasteiger partial charge is 0.457 e. The first-order valence-electron chi connectivity index (χ1n) is 19.4. The SMILES string of the molecule is CC(C)(C)c1cccc(-c2cc(Oc3ccc4c5ccccc5n(-c5ccccn5)c4c3)cc(N3CN(c4c(F)cccc4F)c4cc(C(C)(C)C)ccc43)c2)c1. The second-order valence-electron chi connectivity index (χ2n) is 16.9. The van der Waals surface area contributed by atoms with Crippen molar-refractivity contribution in [3.05, 3.63) is 168 Å². The van der Waals surface area contributed by atoms with Gasteiger partial charge in [-0.2, -0.15) is 0 Å². The number of hydrogen-bond acceptors (Lipinski definition) is 4. The number of pyridine rings is 1. The van der Waals surface area contributed by atoms with E-state index in [4.69, 9.17) is 9.72 Å². The van der Waals surface area contributed by atoms with Gasteiger partial charge < -0.3 is 14.5 Å². The molecule has 1 aliphatic rings. The van der Waals surface area contributed by atoms with Gasteiger partial charge in [0.1, 0.15) is 41.3 Å². The number of nitrogens with zero attached hydrogens (tertiary/aromatic N) is 4. The van der Waals surface area contributed by atoms with Crippen LogP contribution in [0.4, 0.5) is 31.5 Å². The summed E-state index contributed by atoms with van der Waals surface area (Å²) < 4.78 is 40.2. The first kappa shape index (κ1) is 36.2. The number of benzene rings is 6. The summed E-state index contributed by atoms with van der Waals surface area (Å²) in [5.41, 5.74) is 8.42. The van der Waals surface area contributed by atoms with Crippen molar-refractivity contribution in [2.45, 2.75) is 52.4 Å². The van der Waals surface area contributed by atoms with Crippen molar-refractivity contribution in [3.8, 4) is 28.4 Å². The van der Waals surface area contributed by atoms with E-state index >= 15 is 8.78 Å². The number of anilines is 4. The van der Waals surface area contributed by atoms with Gasteiger partial charge in [0.2, 0.25) is 0 Å². The molecule has 6 aromatic carbocycles. The van der Waals surface area contributed by atoms with Gasteiger partial charge in [0, 0.05) is 34.8 Å². The van der Waals surface area contributed by atoms with E-state index in [1.165, 1.54) is 23.8 Å². The quantitative estimate of drug-likeness (QED) is 0.169. The van der Waals surface area contributed by atoms with E-state index in [0.29, 0.717) is 11.5 Å². The molecule has 0 bridgehead atoms. The zero-order valence-corrected chi connectivity index (χ0v) is 33.0. The fourth-order valence-corrected chi connectivity index (χ4v) is 7.90. The molecule has 8 aromatic rings. The number of para-hydroxylation sites is 2. The van der Waals surface area contributed by atoms with Gasteiger partial charge in [0.25, 0.3) is 0 Å². The Bertz CT molecular complexity index is 2790. The molecule has 0 saturated heterocycles. The number of hydrogen-bond donors (Lipinski definition) is 0. The average molecular weight is 755 g/mol. The molecule has 0 spiro atoms. The van der Waals surface area contributed by atoms with Crippen LogP contribution in [0.25, 0.3) is 38.8 Å². The van der Waals surface area contributed by atoms with Crippen molar-refractivity contribution in [3.63, 3.8) is 0 Å². The topological polar surface area (TPSA) is 33.5 Å². The summed E-state index contributed by atoms with van der Waals surface area (Å²) in [6.45, 7) is 13.2. The molecule has 0 aliphatic carbocycles. The van der Waals surface area contributed by atoms with Crippen LogP contribution in [-0.4, -0.2) is 16.2 Å². The lowest BCUT2D eigenvalue weighted by Crippen LogP contribution is -2.25. The summed E-state index contributed by atoms with van der Waals surface area (Å²) >= 11 is 0. The minimum atomic E-state index is -0.612. The third-order valence-electron chi connectivity index (χ3n) is 10.9. The van der Waals surface area contributed by atoms with E-state index in [1.54, 1.807) is 11.1 Å². The summed E-state index contributed by atoms with van der Waals surface area (Å²) in [6.07, 6.45) is 1.81. The molecule has 7 heteroatoms. The number of aromatic nitrogens is 2. The fraction of sp³-hybridized carbons (Fsp3) is 0.180. The van der Waals surface area contributed by atoms with Gasteiger partial charge in [-0.15, -0.1) is 0 Å². The maximum atomic E-state index is 15.6. The lowest BCUT2D eigenvalue weighted by atomic mass is 9.85. The summed E-state index contributed by atoms with van der Waals surface area (Å²) in [4.78, 5) is 8.56. The van der Waals surface area contributed by atoms with Crippen LogP contribution in [-0.2, 0) is 10.8 Å². The molecular weight excluding hydrogens is 711 g/mol. The molecule has 0 atom stereocenters. The van der Waals surface area contributed by atoms with Gasteiger partial charge in [-0.05, 0) is 99.8 Å². The molecule has 2 aromatic heterocycles. The highest BCUT2D eigenvalue weighted by molar-refractivity contribution is 6.09. The Hall–Kier alpha value is -6.47. The normalized spacial score (nSPS) is 13.1. The minimum absolute atomic E-state index is 0.0581. The van der Waals surface area contributed by atoms with E-state index < -0.39 is 11.6 Å². The predicted octanol–water partition coefficient (Wildman–Crippen LogP) is 13.8. The van der Waals surface area contributed by atoms with Crippen molar-refractivity contribution >= 4 is 44.6 Å². The molecule has 5 nitrogen and oxygen atoms in total. The zero-order valence-electron chi connectivity index (χ0n) is 33.0. The zero-order chi connectivity index (χ0) is 39.6. The van der Waals surface area contributed by atoms with Crippen molar-refractivity contribution in [2.24, 2.45) is 0 Å².